The van der Waals surface area contributed by atoms with Crippen LogP contribution in [0.5, 0.6) is 0 Å². The summed E-state index contributed by atoms with van der Waals surface area (Å²) < 4.78 is 6.72. The molecule has 25 heavy (non-hydrogen) atoms. The summed E-state index contributed by atoms with van der Waals surface area (Å²) in [5.74, 6) is 2.32. The van der Waals surface area contributed by atoms with E-state index in [4.69, 9.17) is 4.42 Å². The van der Waals surface area contributed by atoms with E-state index in [-0.39, 0.29) is 5.41 Å². The van der Waals surface area contributed by atoms with Gasteiger partial charge in [-0.25, -0.2) is 4.98 Å². The fourth-order valence-electron chi connectivity index (χ4n) is 3.22. The van der Waals surface area contributed by atoms with E-state index in [1.807, 2.05) is 13.8 Å². The highest BCUT2D eigenvalue weighted by molar-refractivity contribution is 9.10. The second-order valence-electron chi connectivity index (χ2n) is 6.67. The van der Waals surface area contributed by atoms with Crippen molar-refractivity contribution in [3.05, 3.63) is 51.6 Å². The van der Waals surface area contributed by atoms with Crippen LogP contribution >= 0.6 is 15.9 Å². The third-order valence-corrected chi connectivity index (χ3v) is 5.59. The predicted octanol–water partition coefficient (Wildman–Crippen LogP) is 3.84. The number of aliphatic imine (C=N–C) groups is 1. The Morgan fingerprint density at radius 3 is 2.48 bits per heavy atom. The SMILES string of the molecule is CN=C(NCc1nc(C)c(C)o1)NCC1(c2ccc(Br)cc2)CCC1. The molecule has 6 heteroatoms. The lowest BCUT2D eigenvalue weighted by molar-refractivity contribution is 0.243. The van der Waals surface area contributed by atoms with Crippen molar-refractivity contribution < 1.29 is 4.42 Å². The summed E-state index contributed by atoms with van der Waals surface area (Å²) >= 11 is 3.52. The number of nitrogens with one attached hydrogen (secondary N) is 2. The highest BCUT2D eigenvalue weighted by Gasteiger charge is 2.38. The summed E-state index contributed by atoms with van der Waals surface area (Å²) in [5, 5.41) is 6.76. The molecule has 1 fully saturated rings. The van der Waals surface area contributed by atoms with Gasteiger partial charge in [-0.3, -0.25) is 4.99 Å². The maximum atomic E-state index is 5.61. The maximum Gasteiger partial charge on any atom is 0.214 e. The number of hydrogen-bond acceptors (Lipinski definition) is 3. The molecule has 2 aromatic rings. The summed E-state index contributed by atoms with van der Waals surface area (Å²) in [4.78, 5) is 8.71. The van der Waals surface area contributed by atoms with Crippen LogP contribution in [0.15, 0.2) is 38.1 Å². The van der Waals surface area contributed by atoms with Gasteiger partial charge < -0.3 is 15.1 Å². The molecule has 2 N–H and O–H groups in total. The van der Waals surface area contributed by atoms with Crippen LogP contribution in [0.2, 0.25) is 0 Å². The van der Waals surface area contributed by atoms with Crippen molar-refractivity contribution in [2.45, 2.75) is 45.1 Å². The largest absolute Gasteiger partial charge is 0.444 e. The van der Waals surface area contributed by atoms with Crippen LogP contribution in [0.4, 0.5) is 0 Å². The van der Waals surface area contributed by atoms with Gasteiger partial charge in [0, 0.05) is 23.5 Å². The third-order valence-electron chi connectivity index (χ3n) is 5.06. The highest BCUT2D eigenvalue weighted by Crippen LogP contribution is 2.43. The summed E-state index contributed by atoms with van der Waals surface area (Å²) in [7, 11) is 1.79. The molecule has 1 aliphatic rings. The fraction of sp³-hybridized carbons (Fsp3) is 0.474. The molecular weight excluding hydrogens is 380 g/mol. The first kappa shape index (κ1) is 18.0. The van der Waals surface area contributed by atoms with Gasteiger partial charge in [0.05, 0.1) is 12.2 Å². The number of benzene rings is 1. The Morgan fingerprint density at radius 2 is 1.96 bits per heavy atom. The Balaban J connectivity index is 1.59. The smallest absolute Gasteiger partial charge is 0.214 e. The van der Waals surface area contributed by atoms with E-state index in [0.29, 0.717) is 12.4 Å². The number of hydrogen-bond donors (Lipinski definition) is 2. The standard InChI is InChI=1S/C19H25BrN4O/c1-13-14(2)25-17(24-13)11-22-18(21-3)23-12-19(9-4-10-19)15-5-7-16(20)8-6-15/h5-8H,4,9-12H2,1-3H3,(H2,21,22,23). The quantitative estimate of drug-likeness (QED) is 0.586. The van der Waals surface area contributed by atoms with Gasteiger partial charge in [-0.05, 0) is 44.4 Å². The van der Waals surface area contributed by atoms with Gasteiger partial charge in [0.25, 0.3) is 0 Å². The molecule has 3 rings (SSSR count). The molecular formula is C19H25BrN4O. The third kappa shape index (κ3) is 4.06. The zero-order valence-electron chi connectivity index (χ0n) is 15.0. The Hall–Kier alpha value is -1.82. The van der Waals surface area contributed by atoms with Crippen molar-refractivity contribution in [3.63, 3.8) is 0 Å². The van der Waals surface area contributed by atoms with Crippen LogP contribution < -0.4 is 10.6 Å². The van der Waals surface area contributed by atoms with Crippen molar-refractivity contribution in [1.82, 2.24) is 15.6 Å². The lowest BCUT2D eigenvalue weighted by Gasteiger charge is -2.43. The second kappa shape index (κ2) is 7.60. The Kier molecular flexibility index (Phi) is 5.47. The van der Waals surface area contributed by atoms with Crippen LogP contribution in [0.1, 0.15) is 42.2 Å². The molecule has 1 heterocycles. The molecule has 134 valence electrons. The zero-order chi connectivity index (χ0) is 17.9. The van der Waals surface area contributed by atoms with Gasteiger partial charge in [0.2, 0.25) is 5.89 Å². The molecule has 5 nitrogen and oxygen atoms in total. The van der Waals surface area contributed by atoms with Crippen LogP contribution in [0.25, 0.3) is 0 Å². The topological polar surface area (TPSA) is 62.5 Å². The van der Waals surface area contributed by atoms with Crippen LogP contribution in [-0.4, -0.2) is 24.5 Å². The fourth-order valence-corrected chi connectivity index (χ4v) is 3.49. The van der Waals surface area contributed by atoms with Gasteiger partial charge in [0.1, 0.15) is 5.76 Å². The molecule has 0 saturated heterocycles. The minimum absolute atomic E-state index is 0.203. The van der Waals surface area contributed by atoms with Gasteiger partial charge in [-0.15, -0.1) is 0 Å². The monoisotopic (exact) mass is 404 g/mol. The molecule has 0 amide bonds. The van der Waals surface area contributed by atoms with Crippen molar-refractivity contribution in [3.8, 4) is 0 Å². The summed E-state index contributed by atoms with van der Waals surface area (Å²) in [6.45, 7) is 5.28. The van der Waals surface area contributed by atoms with Crippen molar-refractivity contribution >= 4 is 21.9 Å². The van der Waals surface area contributed by atoms with Gasteiger partial charge >= 0.3 is 0 Å². The minimum atomic E-state index is 0.203. The Morgan fingerprint density at radius 1 is 1.24 bits per heavy atom. The number of aromatic nitrogens is 1. The van der Waals surface area contributed by atoms with Gasteiger partial charge in [-0.1, -0.05) is 34.5 Å². The van der Waals surface area contributed by atoms with E-state index in [0.717, 1.165) is 28.4 Å². The molecule has 1 saturated carbocycles. The average Bonchev–Trinajstić information content (AvgIpc) is 2.89. The molecule has 1 aliphatic carbocycles. The summed E-state index contributed by atoms with van der Waals surface area (Å²) in [6.07, 6.45) is 3.69. The number of halogens is 1. The van der Waals surface area contributed by atoms with Crippen molar-refractivity contribution in [2.75, 3.05) is 13.6 Å². The van der Waals surface area contributed by atoms with Crippen LogP contribution in [-0.2, 0) is 12.0 Å². The van der Waals surface area contributed by atoms with E-state index in [2.05, 4.69) is 60.8 Å². The van der Waals surface area contributed by atoms with Gasteiger partial charge in [0.15, 0.2) is 5.96 Å². The predicted molar refractivity (Wildman–Crippen MR) is 104 cm³/mol. The van der Waals surface area contributed by atoms with E-state index < -0.39 is 0 Å². The minimum Gasteiger partial charge on any atom is -0.444 e. The number of rotatable bonds is 5. The molecule has 0 spiro atoms. The Bertz CT molecular complexity index is 728. The normalized spacial score (nSPS) is 16.4. The summed E-state index contributed by atoms with van der Waals surface area (Å²) in [6, 6.07) is 8.68. The van der Waals surface area contributed by atoms with Crippen LogP contribution in [0.3, 0.4) is 0 Å². The van der Waals surface area contributed by atoms with E-state index >= 15 is 0 Å². The first-order chi connectivity index (χ1) is 12.0. The van der Waals surface area contributed by atoms with Crippen molar-refractivity contribution in [2.24, 2.45) is 4.99 Å². The van der Waals surface area contributed by atoms with Crippen molar-refractivity contribution in [1.29, 1.82) is 0 Å². The molecule has 0 atom stereocenters. The number of oxazole rings is 1. The van der Waals surface area contributed by atoms with Crippen LogP contribution in [0, 0.1) is 13.8 Å². The molecule has 0 unspecified atom stereocenters. The number of guanidine groups is 1. The summed E-state index contributed by atoms with van der Waals surface area (Å²) in [5.41, 5.74) is 2.53. The average molecular weight is 405 g/mol. The first-order valence-corrected chi connectivity index (χ1v) is 9.45. The molecule has 0 radical (unpaired) electrons. The first-order valence-electron chi connectivity index (χ1n) is 8.66. The number of aryl methyl sites for hydroxylation is 2. The highest BCUT2D eigenvalue weighted by atomic mass is 79.9. The van der Waals surface area contributed by atoms with E-state index in [9.17, 15) is 0 Å². The lowest BCUT2D eigenvalue weighted by Crippen LogP contribution is -2.48. The zero-order valence-corrected chi connectivity index (χ0v) is 16.6. The van der Waals surface area contributed by atoms with Gasteiger partial charge in [-0.2, -0.15) is 0 Å². The molecule has 0 bridgehead atoms. The Labute approximate surface area is 157 Å². The molecule has 0 aliphatic heterocycles. The van der Waals surface area contributed by atoms with E-state index in [1.165, 1.54) is 24.8 Å². The number of nitrogens with zero attached hydrogens (tertiary/aromatic N) is 2. The van der Waals surface area contributed by atoms with E-state index in [1.54, 1.807) is 7.05 Å². The second-order valence-corrected chi connectivity index (χ2v) is 7.58. The maximum absolute atomic E-state index is 5.61. The molecule has 1 aromatic heterocycles. The molecule has 1 aromatic carbocycles. The lowest BCUT2D eigenvalue weighted by atomic mass is 9.64.